The number of hydrogen-bond acceptors (Lipinski definition) is 2. The minimum absolute atomic E-state index is 0.193. The van der Waals surface area contributed by atoms with Gasteiger partial charge in [-0.25, -0.2) is 0 Å². The number of aldehydes is 1. The van der Waals surface area contributed by atoms with E-state index in [9.17, 15) is 4.79 Å². The fourth-order valence-corrected chi connectivity index (χ4v) is 1.44. The number of hydrogen-bond donors (Lipinski definition) is 0. The molecular weight excluding hydrogens is 162 g/mol. The van der Waals surface area contributed by atoms with Crippen LogP contribution in [0.25, 0.3) is 0 Å². The molecule has 0 aromatic carbocycles. The summed E-state index contributed by atoms with van der Waals surface area (Å²) in [7, 11) is 2.08. The smallest absolute Gasteiger partial charge is 0.126 e. The molecule has 0 aromatic heterocycles. The molecule has 2 nitrogen and oxygen atoms in total. The number of nitrogens with zero attached hydrogens (tertiary/aromatic N) is 1. The van der Waals surface area contributed by atoms with Crippen molar-refractivity contribution in [1.82, 2.24) is 4.90 Å². The van der Waals surface area contributed by atoms with Gasteiger partial charge in [0, 0.05) is 12.0 Å². The second-order valence-electron chi connectivity index (χ2n) is 4.55. The van der Waals surface area contributed by atoms with E-state index in [0.29, 0.717) is 0 Å². The summed E-state index contributed by atoms with van der Waals surface area (Å²) in [6, 6.07) is 0. The van der Waals surface area contributed by atoms with Gasteiger partial charge in [-0.1, -0.05) is 33.6 Å². The van der Waals surface area contributed by atoms with E-state index >= 15 is 0 Å². The fraction of sp³-hybridized carbons (Fsp3) is 0.909. The molecule has 13 heavy (non-hydrogen) atoms. The molecule has 0 saturated carbocycles. The Bertz CT molecular complexity index is 143. The highest BCUT2D eigenvalue weighted by Gasteiger charge is 2.18. The van der Waals surface area contributed by atoms with Crippen molar-refractivity contribution >= 4 is 6.29 Å². The summed E-state index contributed by atoms with van der Waals surface area (Å²) in [5.74, 6) is 0. The average molecular weight is 185 g/mol. The van der Waals surface area contributed by atoms with Crippen molar-refractivity contribution in [3.8, 4) is 0 Å². The molecule has 0 unspecified atom stereocenters. The first kappa shape index (κ1) is 12.6. The van der Waals surface area contributed by atoms with Crippen LogP contribution in [0.5, 0.6) is 0 Å². The Hall–Kier alpha value is -0.370. The van der Waals surface area contributed by atoms with Gasteiger partial charge in [0.25, 0.3) is 0 Å². The first-order valence-electron chi connectivity index (χ1n) is 5.16. The Morgan fingerprint density at radius 3 is 2.38 bits per heavy atom. The maximum absolute atomic E-state index is 10.7. The molecule has 0 aliphatic heterocycles. The van der Waals surface area contributed by atoms with Crippen LogP contribution < -0.4 is 0 Å². The van der Waals surface area contributed by atoms with Crippen LogP contribution in [-0.4, -0.2) is 31.3 Å². The Balaban J connectivity index is 3.61. The van der Waals surface area contributed by atoms with E-state index in [1.165, 1.54) is 19.3 Å². The predicted molar refractivity (Wildman–Crippen MR) is 56.9 cm³/mol. The van der Waals surface area contributed by atoms with Gasteiger partial charge in [-0.2, -0.15) is 0 Å². The van der Waals surface area contributed by atoms with Crippen LogP contribution in [0.15, 0.2) is 0 Å². The van der Waals surface area contributed by atoms with Crippen molar-refractivity contribution < 1.29 is 4.79 Å². The molecule has 0 N–H and O–H groups in total. The SMILES string of the molecule is CCCCCN(C)CC(C)(C)C=O. The van der Waals surface area contributed by atoms with Crippen molar-refractivity contribution in [3.63, 3.8) is 0 Å². The van der Waals surface area contributed by atoms with E-state index < -0.39 is 0 Å². The van der Waals surface area contributed by atoms with Crippen molar-refractivity contribution in [1.29, 1.82) is 0 Å². The lowest BCUT2D eigenvalue weighted by atomic mass is 9.95. The first-order chi connectivity index (χ1) is 6.02. The van der Waals surface area contributed by atoms with E-state index in [1.807, 2.05) is 13.8 Å². The van der Waals surface area contributed by atoms with Gasteiger partial charge in [-0.15, -0.1) is 0 Å². The normalized spacial score (nSPS) is 12.1. The summed E-state index contributed by atoms with van der Waals surface area (Å²) < 4.78 is 0. The molecule has 0 heterocycles. The molecule has 0 rings (SSSR count). The van der Waals surface area contributed by atoms with Gasteiger partial charge in [0.1, 0.15) is 6.29 Å². The van der Waals surface area contributed by atoms with Crippen LogP contribution >= 0.6 is 0 Å². The number of rotatable bonds is 7. The zero-order valence-corrected chi connectivity index (χ0v) is 9.47. The lowest BCUT2D eigenvalue weighted by Crippen LogP contribution is -2.33. The van der Waals surface area contributed by atoms with Gasteiger partial charge in [0.05, 0.1) is 0 Å². The largest absolute Gasteiger partial charge is 0.305 e. The van der Waals surface area contributed by atoms with Gasteiger partial charge in [0.15, 0.2) is 0 Å². The zero-order chi connectivity index (χ0) is 10.3. The highest BCUT2D eigenvalue weighted by atomic mass is 16.1. The lowest BCUT2D eigenvalue weighted by molar-refractivity contribution is -0.115. The standard InChI is InChI=1S/C11H23NO/c1-5-6-7-8-12(4)9-11(2,3)10-13/h10H,5-9H2,1-4H3. The van der Waals surface area contributed by atoms with Crippen LogP contribution in [0, 0.1) is 5.41 Å². The molecule has 0 bridgehead atoms. The number of carbonyl (C=O) groups is 1. The van der Waals surface area contributed by atoms with Crippen LogP contribution in [0.1, 0.15) is 40.0 Å². The Kier molecular flexibility index (Phi) is 5.97. The Morgan fingerprint density at radius 1 is 1.31 bits per heavy atom. The number of unbranched alkanes of at least 4 members (excludes halogenated alkanes) is 2. The molecule has 0 saturated heterocycles. The average Bonchev–Trinajstić information content (AvgIpc) is 2.04. The predicted octanol–water partition coefficient (Wildman–Crippen LogP) is 2.33. The van der Waals surface area contributed by atoms with Gasteiger partial charge in [0.2, 0.25) is 0 Å². The third-order valence-electron chi connectivity index (χ3n) is 2.14. The van der Waals surface area contributed by atoms with E-state index in [1.54, 1.807) is 0 Å². The molecule has 0 fully saturated rings. The minimum atomic E-state index is -0.193. The van der Waals surface area contributed by atoms with Gasteiger partial charge >= 0.3 is 0 Å². The molecule has 0 atom stereocenters. The maximum Gasteiger partial charge on any atom is 0.126 e. The van der Waals surface area contributed by atoms with Crippen molar-refractivity contribution in [3.05, 3.63) is 0 Å². The lowest BCUT2D eigenvalue weighted by Gasteiger charge is -2.25. The number of carbonyl (C=O) groups excluding carboxylic acids is 1. The van der Waals surface area contributed by atoms with Crippen LogP contribution in [0.2, 0.25) is 0 Å². The summed E-state index contributed by atoms with van der Waals surface area (Å²) in [4.78, 5) is 12.9. The monoisotopic (exact) mass is 185 g/mol. The summed E-state index contributed by atoms with van der Waals surface area (Å²) in [6.07, 6.45) is 4.82. The van der Waals surface area contributed by atoms with Gasteiger partial charge in [-0.3, -0.25) is 0 Å². The summed E-state index contributed by atoms with van der Waals surface area (Å²) in [6.45, 7) is 8.13. The summed E-state index contributed by atoms with van der Waals surface area (Å²) in [5.41, 5.74) is -0.193. The molecule has 0 radical (unpaired) electrons. The second kappa shape index (κ2) is 6.14. The van der Waals surface area contributed by atoms with E-state index in [2.05, 4.69) is 18.9 Å². The summed E-state index contributed by atoms with van der Waals surface area (Å²) in [5, 5.41) is 0. The van der Waals surface area contributed by atoms with Gasteiger partial charge < -0.3 is 9.69 Å². The molecule has 0 spiro atoms. The third kappa shape index (κ3) is 6.76. The zero-order valence-electron chi connectivity index (χ0n) is 9.47. The van der Waals surface area contributed by atoms with Crippen LogP contribution in [0.3, 0.4) is 0 Å². The molecule has 0 aromatic rings. The molecule has 2 heteroatoms. The second-order valence-corrected chi connectivity index (χ2v) is 4.55. The van der Waals surface area contributed by atoms with E-state index in [4.69, 9.17) is 0 Å². The molecule has 0 amide bonds. The van der Waals surface area contributed by atoms with E-state index in [0.717, 1.165) is 19.4 Å². The van der Waals surface area contributed by atoms with Crippen LogP contribution in [0.4, 0.5) is 0 Å². The molecule has 78 valence electrons. The Morgan fingerprint density at radius 2 is 1.92 bits per heavy atom. The molecule has 0 aliphatic rings. The quantitative estimate of drug-likeness (QED) is 0.448. The fourth-order valence-electron chi connectivity index (χ4n) is 1.44. The first-order valence-corrected chi connectivity index (χ1v) is 5.16. The maximum atomic E-state index is 10.7. The van der Waals surface area contributed by atoms with Crippen molar-refractivity contribution in [2.45, 2.75) is 40.0 Å². The van der Waals surface area contributed by atoms with Crippen molar-refractivity contribution in [2.75, 3.05) is 20.1 Å². The van der Waals surface area contributed by atoms with E-state index in [-0.39, 0.29) is 5.41 Å². The topological polar surface area (TPSA) is 20.3 Å². The summed E-state index contributed by atoms with van der Waals surface area (Å²) >= 11 is 0. The van der Waals surface area contributed by atoms with Crippen LogP contribution in [-0.2, 0) is 4.79 Å². The van der Waals surface area contributed by atoms with Crippen molar-refractivity contribution in [2.24, 2.45) is 5.41 Å². The minimum Gasteiger partial charge on any atom is -0.305 e. The highest BCUT2D eigenvalue weighted by Crippen LogP contribution is 2.12. The molecule has 0 aliphatic carbocycles. The molecular formula is C11H23NO. The third-order valence-corrected chi connectivity index (χ3v) is 2.14. The van der Waals surface area contributed by atoms with Gasteiger partial charge in [-0.05, 0) is 20.0 Å². The highest BCUT2D eigenvalue weighted by molar-refractivity contribution is 5.58. The Labute approximate surface area is 82.3 Å².